The van der Waals surface area contributed by atoms with Crippen molar-refractivity contribution in [2.45, 2.75) is 6.92 Å². The fourth-order valence-electron chi connectivity index (χ4n) is 3.30. The molecule has 1 aliphatic rings. The van der Waals surface area contributed by atoms with Gasteiger partial charge in [-0.25, -0.2) is 4.79 Å². The number of anilines is 1. The molecule has 27 heavy (non-hydrogen) atoms. The van der Waals surface area contributed by atoms with E-state index in [-0.39, 0.29) is 11.5 Å². The minimum absolute atomic E-state index is 0.141. The molecule has 0 unspecified atom stereocenters. The summed E-state index contributed by atoms with van der Waals surface area (Å²) >= 11 is 3.43. The second-order valence-corrected chi connectivity index (χ2v) is 7.25. The Bertz CT molecular complexity index is 1110. The molecule has 3 aromatic rings. The number of carboxylic acid groups (broad SMARTS) is 1. The third-order valence-electron chi connectivity index (χ3n) is 4.48. The van der Waals surface area contributed by atoms with Crippen LogP contribution in [-0.2, 0) is 4.79 Å². The van der Waals surface area contributed by atoms with E-state index >= 15 is 0 Å². The minimum Gasteiger partial charge on any atom is -0.478 e. The van der Waals surface area contributed by atoms with Crippen molar-refractivity contribution < 1.29 is 14.7 Å². The van der Waals surface area contributed by atoms with E-state index in [2.05, 4.69) is 26.2 Å². The number of aromatic nitrogens is 1. The summed E-state index contributed by atoms with van der Waals surface area (Å²) < 4.78 is 0.969. The Labute approximate surface area is 163 Å². The second-order valence-electron chi connectivity index (χ2n) is 6.33. The van der Waals surface area contributed by atoms with Crippen LogP contribution < -0.4 is 5.32 Å². The van der Waals surface area contributed by atoms with Gasteiger partial charge in [0.1, 0.15) is 0 Å². The minimum atomic E-state index is -1.04. The molecular weight excluding hydrogens is 408 g/mol. The number of rotatable bonds is 3. The van der Waals surface area contributed by atoms with Crippen LogP contribution in [0, 0.1) is 6.92 Å². The first kappa shape index (κ1) is 17.3. The molecular formula is C21H15BrN2O3. The number of aromatic carboxylic acids is 1. The Balaban J connectivity index is 1.91. The second kappa shape index (κ2) is 6.55. The molecule has 2 aromatic carbocycles. The van der Waals surface area contributed by atoms with Crippen molar-refractivity contribution in [1.82, 2.24) is 4.98 Å². The number of halogens is 1. The van der Waals surface area contributed by atoms with Gasteiger partial charge in [0.05, 0.1) is 16.8 Å². The molecule has 0 radical (unpaired) electrons. The highest BCUT2D eigenvalue weighted by Gasteiger charge is 2.28. The van der Waals surface area contributed by atoms with Gasteiger partial charge in [0, 0.05) is 21.4 Å². The number of aryl methyl sites for hydroxylation is 1. The van der Waals surface area contributed by atoms with Crippen molar-refractivity contribution in [3.8, 4) is 11.1 Å². The van der Waals surface area contributed by atoms with E-state index in [1.807, 2.05) is 42.5 Å². The third kappa shape index (κ3) is 3.08. The van der Waals surface area contributed by atoms with Gasteiger partial charge in [-0.1, -0.05) is 40.2 Å². The Morgan fingerprint density at radius 3 is 2.59 bits per heavy atom. The van der Waals surface area contributed by atoms with Gasteiger partial charge in [0.15, 0.2) is 0 Å². The molecule has 5 nitrogen and oxygen atoms in total. The summed E-state index contributed by atoms with van der Waals surface area (Å²) in [6, 6.07) is 15.1. The molecule has 0 fully saturated rings. The van der Waals surface area contributed by atoms with E-state index in [0.29, 0.717) is 17.0 Å². The van der Waals surface area contributed by atoms with Crippen molar-refractivity contribution in [1.29, 1.82) is 0 Å². The molecule has 2 heterocycles. The predicted octanol–water partition coefficient (Wildman–Crippen LogP) is 4.94. The van der Waals surface area contributed by atoms with E-state index < -0.39 is 5.97 Å². The van der Waals surface area contributed by atoms with Gasteiger partial charge in [-0.3, -0.25) is 4.79 Å². The zero-order valence-corrected chi connectivity index (χ0v) is 15.9. The van der Waals surface area contributed by atoms with Crippen LogP contribution in [-0.4, -0.2) is 22.0 Å². The number of nitrogens with one attached hydrogen (secondary N) is 2. The number of benzene rings is 2. The van der Waals surface area contributed by atoms with Crippen LogP contribution in [0.1, 0.15) is 27.3 Å². The lowest BCUT2D eigenvalue weighted by molar-refractivity contribution is -0.110. The fourth-order valence-corrected chi connectivity index (χ4v) is 3.57. The zero-order chi connectivity index (χ0) is 19.1. The average molecular weight is 423 g/mol. The molecule has 6 heteroatoms. The van der Waals surface area contributed by atoms with E-state index in [1.54, 1.807) is 19.1 Å². The Kier molecular flexibility index (Phi) is 4.20. The SMILES string of the molecule is Cc1cc(C(=O)O)c(C=C2C(=O)Nc3cccc(-c4ccc(Br)cc4)c32)[nH]1. The highest BCUT2D eigenvalue weighted by Crippen LogP contribution is 2.40. The van der Waals surface area contributed by atoms with E-state index in [1.165, 1.54) is 0 Å². The molecule has 1 aromatic heterocycles. The Morgan fingerprint density at radius 2 is 1.89 bits per heavy atom. The van der Waals surface area contributed by atoms with Crippen LogP contribution in [0.5, 0.6) is 0 Å². The smallest absolute Gasteiger partial charge is 0.337 e. The summed E-state index contributed by atoms with van der Waals surface area (Å²) in [6.45, 7) is 1.78. The Hall–Kier alpha value is -3.12. The van der Waals surface area contributed by atoms with Crippen molar-refractivity contribution in [3.63, 3.8) is 0 Å². The lowest BCUT2D eigenvalue weighted by Gasteiger charge is -2.09. The topological polar surface area (TPSA) is 82.2 Å². The number of carbonyl (C=O) groups is 2. The number of amides is 1. The standard InChI is InChI=1S/C21H15BrN2O3/c1-11-9-15(21(26)27)18(23-11)10-16-19-14(12-5-7-13(22)8-6-12)3-2-4-17(19)24-20(16)25/h2-10,23H,1H3,(H,24,25)(H,26,27). The molecule has 0 saturated carbocycles. The van der Waals surface area contributed by atoms with Gasteiger partial charge in [-0.15, -0.1) is 0 Å². The monoisotopic (exact) mass is 422 g/mol. The number of carbonyl (C=O) groups excluding carboxylic acids is 1. The lowest BCUT2D eigenvalue weighted by Crippen LogP contribution is -2.04. The van der Waals surface area contributed by atoms with Gasteiger partial charge in [-0.05, 0) is 48.4 Å². The summed E-state index contributed by atoms with van der Waals surface area (Å²) in [5.74, 6) is -1.29. The van der Waals surface area contributed by atoms with Gasteiger partial charge < -0.3 is 15.4 Å². The number of H-pyrrole nitrogens is 1. The van der Waals surface area contributed by atoms with E-state index in [4.69, 9.17) is 0 Å². The molecule has 0 bridgehead atoms. The first-order valence-corrected chi connectivity index (χ1v) is 9.08. The highest BCUT2D eigenvalue weighted by molar-refractivity contribution is 9.10. The first-order valence-electron chi connectivity index (χ1n) is 8.29. The van der Waals surface area contributed by atoms with Gasteiger partial charge in [0.25, 0.3) is 5.91 Å². The molecule has 0 spiro atoms. The first-order chi connectivity index (χ1) is 12.9. The van der Waals surface area contributed by atoms with E-state index in [0.717, 1.165) is 26.9 Å². The van der Waals surface area contributed by atoms with Crippen molar-refractivity contribution >= 4 is 45.1 Å². The summed E-state index contributed by atoms with van der Waals surface area (Å²) in [5, 5.41) is 12.3. The van der Waals surface area contributed by atoms with Crippen LogP contribution in [0.3, 0.4) is 0 Å². The average Bonchev–Trinajstić information content (AvgIpc) is 3.16. The molecule has 1 aliphatic heterocycles. The number of fused-ring (bicyclic) bond motifs is 1. The summed E-state index contributed by atoms with van der Waals surface area (Å²) in [5.41, 5.74) is 5.07. The van der Waals surface area contributed by atoms with Crippen LogP contribution in [0.4, 0.5) is 5.69 Å². The maximum absolute atomic E-state index is 12.6. The largest absolute Gasteiger partial charge is 0.478 e. The van der Waals surface area contributed by atoms with Gasteiger partial charge >= 0.3 is 5.97 Å². The van der Waals surface area contributed by atoms with Crippen LogP contribution >= 0.6 is 15.9 Å². The molecule has 4 rings (SSSR count). The van der Waals surface area contributed by atoms with Crippen molar-refractivity contribution in [2.75, 3.05) is 5.32 Å². The Morgan fingerprint density at radius 1 is 1.15 bits per heavy atom. The summed E-state index contributed by atoms with van der Waals surface area (Å²) in [7, 11) is 0. The molecule has 3 N–H and O–H groups in total. The van der Waals surface area contributed by atoms with Gasteiger partial charge in [-0.2, -0.15) is 0 Å². The van der Waals surface area contributed by atoms with Crippen molar-refractivity contribution in [2.24, 2.45) is 0 Å². The van der Waals surface area contributed by atoms with Crippen LogP contribution in [0.15, 0.2) is 53.0 Å². The van der Waals surface area contributed by atoms with Crippen molar-refractivity contribution in [3.05, 3.63) is 75.5 Å². The molecule has 1 amide bonds. The maximum Gasteiger partial charge on any atom is 0.337 e. The maximum atomic E-state index is 12.6. The molecule has 0 saturated heterocycles. The highest BCUT2D eigenvalue weighted by atomic mass is 79.9. The number of hydrogen-bond donors (Lipinski definition) is 3. The third-order valence-corrected chi connectivity index (χ3v) is 5.01. The summed E-state index contributed by atoms with van der Waals surface area (Å²) in [4.78, 5) is 27.1. The summed E-state index contributed by atoms with van der Waals surface area (Å²) in [6.07, 6.45) is 1.61. The fraction of sp³-hybridized carbons (Fsp3) is 0.0476. The van der Waals surface area contributed by atoms with Gasteiger partial charge in [0.2, 0.25) is 0 Å². The number of hydrogen-bond acceptors (Lipinski definition) is 2. The molecule has 134 valence electrons. The zero-order valence-electron chi connectivity index (χ0n) is 14.3. The van der Waals surface area contributed by atoms with E-state index in [9.17, 15) is 14.7 Å². The predicted molar refractivity (Wildman–Crippen MR) is 109 cm³/mol. The lowest BCUT2D eigenvalue weighted by atomic mass is 9.94. The van der Waals surface area contributed by atoms with Crippen LogP contribution in [0.25, 0.3) is 22.8 Å². The van der Waals surface area contributed by atoms with Crippen LogP contribution in [0.2, 0.25) is 0 Å². The number of carboxylic acids is 1. The number of aromatic amines is 1. The molecule has 0 atom stereocenters. The molecule has 0 aliphatic carbocycles. The quantitative estimate of drug-likeness (QED) is 0.522. The normalized spacial score (nSPS) is 14.3.